The van der Waals surface area contributed by atoms with Crippen LogP contribution in [0.1, 0.15) is 27.9 Å². The van der Waals surface area contributed by atoms with Crippen LogP contribution in [0.3, 0.4) is 0 Å². The number of nitrogens with zero attached hydrogens (tertiary/aromatic N) is 1. The Hall–Kier alpha value is -3.86. The summed E-state index contributed by atoms with van der Waals surface area (Å²) >= 11 is 0. The number of nitrogen functional groups attached to an aromatic ring is 1. The van der Waals surface area contributed by atoms with Crippen LogP contribution in [-0.2, 0) is 11.2 Å². The highest BCUT2D eigenvalue weighted by Gasteiger charge is 2.17. The summed E-state index contributed by atoms with van der Waals surface area (Å²) in [5, 5.41) is 26.0. The fourth-order valence-corrected chi connectivity index (χ4v) is 3.57. The van der Waals surface area contributed by atoms with Crippen molar-refractivity contribution >= 4 is 64.9 Å². The number of nitrogens with two attached hydrogens (primary N) is 3. The van der Waals surface area contributed by atoms with E-state index < -0.39 is 11.9 Å². The molecular formula is C24H28Cl2N6O4. The van der Waals surface area contributed by atoms with Gasteiger partial charge in [-0.3, -0.25) is 15.6 Å². The molecule has 0 saturated heterocycles. The van der Waals surface area contributed by atoms with E-state index in [1.165, 1.54) is 17.0 Å². The number of carbonyl (C=O) groups excluding carboxylic acids is 2. The SMILES string of the molecule is Cl.Cl.N=C(N)c1ccc2c(CCC(N)=O)c(OC(=O)c3ccc(N(CCO)C(=N)N)cc3)ccc2c1. The number of ether oxygens (including phenoxy) is 1. The highest BCUT2D eigenvalue weighted by Crippen LogP contribution is 2.31. The second-order valence-corrected chi connectivity index (χ2v) is 7.56. The lowest BCUT2D eigenvalue weighted by molar-refractivity contribution is -0.117. The van der Waals surface area contributed by atoms with Gasteiger partial charge in [-0.15, -0.1) is 24.8 Å². The van der Waals surface area contributed by atoms with Crippen LogP contribution in [0.15, 0.2) is 54.6 Å². The van der Waals surface area contributed by atoms with Crippen molar-refractivity contribution in [2.24, 2.45) is 17.2 Å². The number of halogens is 2. The van der Waals surface area contributed by atoms with Crippen molar-refractivity contribution in [2.75, 3.05) is 18.1 Å². The van der Waals surface area contributed by atoms with Crippen LogP contribution in [-0.4, -0.2) is 41.9 Å². The first kappa shape index (κ1) is 30.2. The summed E-state index contributed by atoms with van der Waals surface area (Å²) in [7, 11) is 0. The molecular weight excluding hydrogens is 507 g/mol. The van der Waals surface area contributed by atoms with Crippen molar-refractivity contribution in [3.05, 3.63) is 71.3 Å². The molecule has 3 rings (SSSR count). The largest absolute Gasteiger partial charge is 0.423 e. The Bertz CT molecular complexity index is 1270. The number of esters is 1. The maximum Gasteiger partial charge on any atom is 0.343 e. The molecule has 0 aliphatic heterocycles. The van der Waals surface area contributed by atoms with Crippen LogP contribution >= 0.6 is 24.8 Å². The van der Waals surface area contributed by atoms with Crippen LogP contribution in [0.2, 0.25) is 0 Å². The van der Waals surface area contributed by atoms with Gasteiger partial charge in [0.15, 0.2) is 5.96 Å². The van der Waals surface area contributed by atoms with Gasteiger partial charge in [-0.05, 0) is 53.6 Å². The van der Waals surface area contributed by atoms with E-state index in [2.05, 4.69) is 0 Å². The number of amides is 1. The number of hydrogen-bond acceptors (Lipinski definition) is 6. The van der Waals surface area contributed by atoms with E-state index >= 15 is 0 Å². The third-order valence-corrected chi connectivity index (χ3v) is 5.25. The minimum Gasteiger partial charge on any atom is -0.423 e. The molecule has 0 aliphatic carbocycles. The second kappa shape index (κ2) is 13.3. The molecule has 10 nitrogen and oxygen atoms in total. The number of amidine groups is 1. The number of fused-ring (bicyclic) bond motifs is 1. The summed E-state index contributed by atoms with van der Waals surface area (Å²) in [6, 6.07) is 14.9. The highest BCUT2D eigenvalue weighted by atomic mass is 35.5. The fraction of sp³-hybridized carbons (Fsp3) is 0.167. The number of aliphatic hydroxyl groups is 1. The Morgan fingerprint density at radius 3 is 2.11 bits per heavy atom. The average molecular weight is 535 g/mol. The molecule has 3 aromatic carbocycles. The Morgan fingerprint density at radius 2 is 1.56 bits per heavy atom. The van der Waals surface area contributed by atoms with Gasteiger partial charge >= 0.3 is 5.97 Å². The summed E-state index contributed by atoms with van der Waals surface area (Å²) in [6.45, 7) is -0.0435. The fourth-order valence-electron chi connectivity index (χ4n) is 3.57. The Balaban J connectivity index is 0.00000324. The number of aliphatic hydroxyl groups excluding tert-OH is 1. The predicted octanol–water partition coefficient (Wildman–Crippen LogP) is 2.30. The molecule has 192 valence electrons. The van der Waals surface area contributed by atoms with Gasteiger partial charge < -0.3 is 31.9 Å². The molecule has 12 heteroatoms. The zero-order valence-corrected chi connectivity index (χ0v) is 20.8. The number of carbonyl (C=O) groups is 2. The van der Waals surface area contributed by atoms with Crippen LogP contribution in [0.5, 0.6) is 5.75 Å². The van der Waals surface area contributed by atoms with Gasteiger partial charge in [0.05, 0.1) is 12.2 Å². The molecule has 0 unspecified atom stereocenters. The Labute approximate surface area is 220 Å². The molecule has 0 radical (unpaired) electrons. The lowest BCUT2D eigenvalue weighted by Gasteiger charge is -2.21. The van der Waals surface area contributed by atoms with Gasteiger partial charge in [-0.25, -0.2) is 4.79 Å². The molecule has 0 saturated carbocycles. The quantitative estimate of drug-likeness (QED) is 0.105. The molecule has 9 N–H and O–H groups in total. The third-order valence-electron chi connectivity index (χ3n) is 5.25. The lowest BCUT2D eigenvalue weighted by atomic mass is 9.97. The van der Waals surface area contributed by atoms with Gasteiger partial charge in [-0.1, -0.05) is 18.2 Å². The molecule has 1 amide bonds. The van der Waals surface area contributed by atoms with Gasteiger partial charge in [0.25, 0.3) is 0 Å². The molecule has 0 bridgehead atoms. The second-order valence-electron chi connectivity index (χ2n) is 7.56. The van der Waals surface area contributed by atoms with Gasteiger partial charge in [0, 0.05) is 29.8 Å². The van der Waals surface area contributed by atoms with Crippen molar-refractivity contribution in [2.45, 2.75) is 12.8 Å². The van der Waals surface area contributed by atoms with Crippen molar-refractivity contribution in [3.63, 3.8) is 0 Å². The van der Waals surface area contributed by atoms with Gasteiger partial charge in [-0.2, -0.15) is 0 Å². The monoisotopic (exact) mass is 534 g/mol. The van der Waals surface area contributed by atoms with Crippen LogP contribution in [0.25, 0.3) is 10.8 Å². The topological polar surface area (TPSA) is 193 Å². The van der Waals surface area contributed by atoms with Crippen LogP contribution in [0, 0.1) is 10.8 Å². The molecule has 3 aromatic rings. The lowest BCUT2D eigenvalue weighted by Crippen LogP contribution is -2.38. The van der Waals surface area contributed by atoms with Crippen molar-refractivity contribution in [1.82, 2.24) is 0 Å². The van der Waals surface area contributed by atoms with E-state index in [0.29, 0.717) is 22.6 Å². The first-order chi connectivity index (χ1) is 16.2. The Morgan fingerprint density at radius 1 is 0.917 bits per heavy atom. The number of aryl methyl sites for hydroxylation is 1. The van der Waals surface area contributed by atoms with E-state index in [0.717, 1.165) is 10.8 Å². The van der Waals surface area contributed by atoms with Gasteiger partial charge in [0.1, 0.15) is 11.6 Å². The van der Waals surface area contributed by atoms with Crippen LogP contribution < -0.4 is 26.8 Å². The zero-order valence-electron chi connectivity index (χ0n) is 19.2. The van der Waals surface area contributed by atoms with Gasteiger partial charge in [0.2, 0.25) is 5.91 Å². The number of benzene rings is 3. The van der Waals surface area contributed by atoms with Crippen molar-refractivity contribution < 1.29 is 19.4 Å². The zero-order chi connectivity index (χ0) is 24.8. The molecule has 36 heavy (non-hydrogen) atoms. The summed E-state index contributed by atoms with van der Waals surface area (Å²) in [5.41, 5.74) is 18.5. The summed E-state index contributed by atoms with van der Waals surface area (Å²) in [4.78, 5) is 25.7. The summed E-state index contributed by atoms with van der Waals surface area (Å²) in [5.74, 6) is -1.09. The average Bonchev–Trinajstić information content (AvgIpc) is 2.81. The molecule has 0 aliphatic rings. The number of primary amides is 1. The third kappa shape index (κ3) is 7.08. The summed E-state index contributed by atoms with van der Waals surface area (Å²) < 4.78 is 5.67. The Kier molecular flexibility index (Phi) is 11.1. The number of hydrogen-bond donors (Lipinski definition) is 6. The standard InChI is InChI=1S/C24H26N6O4.2ClH/c25-21(32)10-8-19-18-7-3-16(22(26)27)13-15(18)4-9-20(19)34-23(33)14-1-5-17(6-2-14)30(11-12-31)24(28)29;;/h1-7,9,13,31H,8,10-12H2,(H2,25,32)(H3,26,27)(H3,28,29);2*1H. The number of guanidine groups is 1. The van der Waals surface area contributed by atoms with E-state index in [9.17, 15) is 9.59 Å². The number of anilines is 1. The molecule has 0 fully saturated rings. The van der Waals surface area contributed by atoms with Crippen LogP contribution in [0.4, 0.5) is 5.69 Å². The number of rotatable bonds is 9. The minimum atomic E-state index is -0.608. The molecule has 0 aromatic heterocycles. The molecule has 0 spiro atoms. The maximum absolute atomic E-state index is 12.8. The molecule has 0 atom stereocenters. The minimum absolute atomic E-state index is 0. The van der Waals surface area contributed by atoms with Crippen molar-refractivity contribution in [3.8, 4) is 5.75 Å². The molecule has 0 heterocycles. The van der Waals surface area contributed by atoms with Crippen molar-refractivity contribution in [1.29, 1.82) is 10.8 Å². The van der Waals surface area contributed by atoms with E-state index in [-0.39, 0.29) is 68.2 Å². The summed E-state index contributed by atoms with van der Waals surface area (Å²) in [6.07, 6.45) is 0.334. The van der Waals surface area contributed by atoms with E-state index in [1.54, 1.807) is 42.5 Å². The highest BCUT2D eigenvalue weighted by molar-refractivity contribution is 6.01. The van der Waals surface area contributed by atoms with E-state index in [1.807, 2.05) is 0 Å². The smallest absolute Gasteiger partial charge is 0.343 e. The predicted molar refractivity (Wildman–Crippen MR) is 145 cm³/mol. The maximum atomic E-state index is 12.8. The normalized spacial score (nSPS) is 10.0. The first-order valence-corrected chi connectivity index (χ1v) is 10.4. The first-order valence-electron chi connectivity index (χ1n) is 10.4. The van der Waals surface area contributed by atoms with E-state index in [4.69, 9.17) is 37.9 Å². The number of nitrogens with one attached hydrogen (secondary N) is 2.